The minimum Gasteiger partial charge on any atom is -0.491 e. The number of hydrogen-bond acceptors (Lipinski definition) is 5. The lowest BCUT2D eigenvalue weighted by Crippen LogP contribution is -2.11. The Labute approximate surface area is 126 Å². The Hall–Kier alpha value is -2.91. The topological polar surface area (TPSA) is 98.3 Å². The maximum absolute atomic E-state index is 13.6. The third-order valence-corrected chi connectivity index (χ3v) is 2.83. The van der Waals surface area contributed by atoms with Gasteiger partial charge in [-0.15, -0.1) is 0 Å². The monoisotopic (exact) mass is 331 g/mol. The maximum Gasteiger partial charge on any atom is 0.419 e. The van der Waals surface area contributed by atoms with Gasteiger partial charge < -0.3 is 15.6 Å². The number of ether oxygens (including phenoxy) is 1. The Morgan fingerprint density at radius 3 is 2.43 bits per heavy atom. The van der Waals surface area contributed by atoms with Crippen molar-refractivity contribution in [1.29, 1.82) is 0 Å². The van der Waals surface area contributed by atoms with Crippen molar-refractivity contribution in [2.75, 3.05) is 12.8 Å². The number of nitrogen functional groups attached to an aromatic ring is 1. The highest BCUT2D eigenvalue weighted by Gasteiger charge is 2.34. The van der Waals surface area contributed by atoms with Crippen molar-refractivity contribution in [2.24, 2.45) is 0 Å². The first kappa shape index (κ1) is 16.5. The predicted octanol–water partition coefficient (Wildman–Crippen LogP) is 2.59. The van der Waals surface area contributed by atoms with E-state index in [1.807, 2.05) is 0 Å². The third kappa shape index (κ3) is 3.15. The minimum atomic E-state index is -4.85. The summed E-state index contributed by atoms with van der Waals surface area (Å²) < 4.78 is 55.9. The lowest BCUT2D eigenvalue weighted by atomic mass is 10.1. The van der Waals surface area contributed by atoms with E-state index in [1.165, 1.54) is 0 Å². The van der Waals surface area contributed by atoms with Crippen molar-refractivity contribution < 1.29 is 32.2 Å². The van der Waals surface area contributed by atoms with Crippen LogP contribution in [-0.2, 0) is 6.18 Å². The molecule has 3 N–H and O–H groups in total. The zero-order chi connectivity index (χ0) is 17.4. The number of aromatic carboxylic acids is 1. The van der Waals surface area contributed by atoms with Crippen molar-refractivity contribution in [1.82, 2.24) is 9.97 Å². The summed E-state index contributed by atoms with van der Waals surface area (Å²) in [5, 5.41) is 9.05. The number of nitrogens with two attached hydrogens (primary N) is 1. The first-order valence-corrected chi connectivity index (χ1v) is 5.97. The molecule has 0 aliphatic carbocycles. The van der Waals surface area contributed by atoms with Gasteiger partial charge in [-0.3, -0.25) is 0 Å². The van der Waals surface area contributed by atoms with Crippen molar-refractivity contribution in [3.05, 3.63) is 35.3 Å². The van der Waals surface area contributed by atoms with Gasteiger partial charge in [0.15, 0.2) is 23.1 Å². The number of halogens is 4. The zero-order valence-electron chi connectivity index (χ0n) is 11.5. The number of nitrogens with zero attached hydrogens (tertiary/aromatic N) is 2. The van der Waals surface area contributed by atoms with E-state index in [1.54, 1.807) is 0 Å². The largest absolute Gasteiger partial charge is 0.491 e. The molecule has 1 aromatic carbocycles. The summed E-state index contributed by atoms with van der Waals surface area (Å²) in [6, 6.07) is 1.98. The summed E-state index contributed by atoms with van der Waals surface area (Å²) in [6.45, 7) is 0. The van der Waals surface area contributed by atoms with Gasteiger partial charge in [-0.25, -0.2) is 19.2 Å². The molecule has 0 spiro atoms. The van der Waals surface area contributed by atoms with E-state index >= 15 is 0 Å². The molecule has 2 aromatic rings. The highest BCUT2D eigenvalue weighted by Crippen LogP contribution is 2.33. The first-order valence-electron chi connectivity index (χ1n) is 5.97. The molecule has 1 heterocycles. The highest BCUT2D eigenvalue weighted by atomic mass is 19.4. The molecule has 0 saturated heterocycles. The van der Waals surface area contributed by atoms with E-state index in [0.29, 0.717) is 12.1 Å². The van der Waals surface area contributed by atoms with Gasteiger partial charge in [0.25, 0.3) is 0 Å². The molecule has 0 bridgehead atoms. The number of carbonyl (C=O) groups is 1. The molecule has 0 aliphatic heterocycles. The number of hydrogen-bond donors (Lipinski definition) is 2. The highest BCUT2D eigenvalue weighted by molar-refractivity contribution is 5.91. The second kappa shape index (κ2) is 5.71. The zero-order valence-corrected chi connectivity index (χ0v) is 11.5. The molecular formula is C13H9F4N3O3. The fraction of sp³-hybridized carbons (Fsp3) is 0.154. The molecule has 10 heteroatoms. The van der Waals surface area contributed by atoms with Crippen LogP contribution in [0.1, 0.15) is 16.1 Å². The molecule has 0 radical (unpaired) electrons. The van der Waals surface area contributed by atoms with Crippen LogP contribution in [0.5, 0.6) is 5.75 Å². The summed E-state index contributed by atoms with van der Waals surface area (Å²) in [6.07, 6.45) is -4.85. The van der Waals surface area contributed by atoms with E-state index in [-0.39, 0.29) is 23.0 Å². The second-order valence-corrected chi connectivity index (χ2v) is 4.31. The van der Waals surface area contributed by atoms with Gasteiger partial charge in [0.2, 0.25) is 0 Å². The number of anilines is 1. The number of methoxy groups -OCH3 is 1. The predicted molar refractivity (Wildman–Crippen MR) is 70.4 cm³/mol. The molecule has 0 aliphatic rings. The van der Waals surface area contributed by atoms with Gasteiger partial charge >= 0.3 is 12.1 Å². The number of benzene rings is 1. The number of aromatic nitrogens is 2. The molecule has 0 saturated carbocycles. The van der Waals surface area contributed by atoms with Crippen molar-refractivity contribution in [2.45, 2.75) is 6.18 Å². The maximum atomic E-state index is 13.6. The minimum absolute atomic E-state index is 0.160. The lowest BCUT2D eigenvalue weighted by molar-refractivity contribution is -0.139. The molecule has 1 aromatic heterocycles. The summed E-state index contributed by atoms with van der Waals surface area (Å²) in [5.74, 6) is -3.99. The Balaban J connectivity index is 2.59. The van der Waals surface area contributed by atoms with Gasteiger partial charge in [0, 0.05) is 5.56 Å². The van der Waals surface area contributed by atoms with Crippen LogP contribution in [-0.4, -0.2) is 28.2 Å². The summed E-state index contributed by atoms with van der Waals surface area (Å²) >= 11 is 0. The lowest BCUT2D eigenvalue weighted by Gasteiger charge is -2.11. The van der Waals surface area contributed by atoms with E-state index in [0.717, 1.165) is 13.2 Å². The molecule has 0 amide bonds. The second-order valence-electron chi connectivity index (χ2n) is 4.31. The molecule has 0 atom stereocenters. The smallest absolute Gasteiger partial charge is 0.419 e. The molecule has 0 fully saturated rings. The van der Waals surface area contributed by atoms with Crippen molar-refractivity contribution >= 4 is 11.8 Å². The van der Waals surface area contributed by atoms with E-state index in [9.17, 15) is 22.4 Å². The van der Waals surface area contributed by atoms with Crippen molar-refractivity contribution in [3.8, 4) is 17.1 Å². The standard InChI is InChI=1S/C13H9F4N3O3/c1-23-9-8(12(21)22)19-11(20-10(9)18)5-2-3-6(7(14)4-5)13(15,16)17/h2-4H,1H3,(H,21,22)(H2,18,19,20). The number of carboxylic acids is 1. The number of rotatable bonds is 3. The summed E-state index contributed by atoms with van der Waals surface area (Å²) in [5.41, 5.74) is 3.33. The van der Waals surface area contributed by atoms with Gasteiger partial charge in [-0.05, 0) is 12.1 Å². The van der Waals surface area contributed by atoms with Crippen LogP contribution >= 0.6 is 0 Å². The van der Waals surface area contributed by atoms with E-state index in [2.05, 4.69) is 9.97 Å². The molecular weight excluding hydrogens is 322 g/mol. The fourth-order valence-corrected chi connectivity index (χ4v) is 1.83. The van der Waals surface area contributed by atoms with Crippen LogP contribution < -0.4 is 10.5 Å². The number of alkyl halides is 3. The van der Waals surface area contributed by atoms with Crippen LogP contribution in [0.25, 0.3) is 11.4 Å². The van der Waals surface area contributed by atoms with E-state index in [4.69, 9.17) is 15.6 Å². The van der Waals surface area contributed by atoms with Gasteiger partial charge in [0.05, 0.1) is 12.7 Å². The van der Waals surface area contributed by atoms with Crippen LogP contribution in [0.4, 0.5) is 23.4 Å². The van der Waals surface area contributed by atoms with Crippen LogP contribution in [0.2, 0.25) is 0 Å². The molecule has 122 valence electrons. The molecule has 0 unspecified atom stereocenters. The molecule has 2 rings (SSSR count). The van der Waals surface area contributed by atoms with Crippen LogP contribution in [0.3, 0.4) is 0 Å². The average molecular weight is 331 g/mol. The molecule has 6 nitrogen and oxygen atoms in total. The van der Waals surface area contributed by atoms with Gasteiger partial charge in [0.1, 0.15) is 5.82 Å². The van der Waals surface area contributed by atoms with Crippen LogP contribution in [0, 0.1) is 5.82 Å². The van der Waals surface area contributed by atoms with Gasteiger partial charge in [-0.2, -0.15) is 13.2 Å². The summed E-state index contributed by atoms with van der Waals surface area (Å²) in [4.78, 5) is 18.5. The number of carboxylic acid groups (broad SMARTS) is 1. The average Bonchev–Trinajstić information content (AvgIpc) is 2.44. The Morgan fingerprint density at radius 2 is 1.96 bits per heavy atom. The van der Waals surface area contributed by atoms with E-state index < -0.39 is 29.2 Å². The summed E-state index contributed by atoms with van der Waals surface area (Å²) in [7, 11) is 1.15. The van der Waals surface area contributed by atoms with Crippen molar-refractivity contribution in [3.63, 3.8) is 0 Å². The Morgan fingerprint density at radius 1 is 1.30 bits per heavy atom. The third-order valence-electron chi connectivity index (χ3n) is 2.83. The Bertz CT molecular complexity index is 778. The quantitative estimate of drug-likeness (QED) is 0.839. The Kier molecular flexibility index (Phi) is 4.08. The molecule has 23 heavy (non-hydrogen) atoms. The SMILES string of the molecule is COc1c(N)nc(-c2ccc(C(F)(F)F)c(F)c2)nc1C(=O)O. The fourth-order valence-electron chi connectivity index (χ4n) is 1.83. The first-order chi connectivity index (χ1) is 10.6. The van der Waals surface area contributed by atoms with Gasteiger partial charge in [-0.1, -0.05) is 6.07 Å². The van der Waals surface area contributed by atoms with Crippen LogP contribution in [0.15, 0.2) is 18.2 Å². The normalized spacial score (nSPS) is 11.3.